The van der Waals surface area contributed by atoms with Gasteiger partial charge in [-0.05, 0) is 17.7 Å². The molecule has 4 nitrogen and oxygen atoms in total. The molecule has 1 atom stereocenters. The zero-order valence-corrected chi connectivity index (χ0v) is 7.45. The summed E-state index contributed by atoms with van der Waals surface area (Å²) in [5, 5.41) is 8.16. The van der Waals surface area contributed by atoms with Crippen LogP contribution in [0, 0.1) is 0 Å². The number of phenolic OH excluding ortho intramolecular Hbond substituents is 1. The van der Waals surface area contributed by atoms with Crippen molar-refractivity contribution in [2.45, 2.75) is 6.42 Å². The third-order valence-electron chi connectivity index (χ3n) is 1.48. The van der Waals surface area contributed by atoms with Gasteiger partial charge in [0.05, 0.1) is 0 Å². The second kappa shape index (κ2) is 4.15. The monoisotopic (exact) mass is 200 g/mol. The fourth-order valence-corrected chi connectivity index (χ4v) is 1.13. The van der Waals surface area contributed by atoms with Crippen LogP contribution in [0.5, 0.6) is 5.75 Å². The normalized spacial score (nSPS) is 12.4. The first-order chi connectivity index (χ1) is 6.09. The summed E-state index contributed by atoms with van der Waals surface area (Å²) in [4.78, 5) is 10.8. The number of benzene rings is 1. The minimum Gasteiger partial charge on any atom is -0.508 e. The molecule has 1 aromatic rings. The quantitative estimate of drug-likeness (QED) is 0.688. The number of aromatic hydroxyl groups is 1. The molecule has 70 valence electrons. The zero-order chi connectivity index (χ0) is 9.84. The summed E-state index contributed by atoms with van der Waals surface area (Å²) in [6, 6.07) is 5.89. The van der Waals surface area contributed by atoms with Crippen LogP contribution in [0.2, 0.25) is 0 Å². The molecule has 0 amide bonds. The second-order valence-corrected chi connectivity index (χ2v) is 3.42. The average Bonchev–Trinajstić information content (AvgIpc) is 2.08. The van der Waals surface area contributed by atoms with Crippen LogP contribution in [-0.4, -0.2) is 19.0 Å². The maximum Gasteiger partial charge on any atom is 0.250 e. The lowest BCUT2D eigenvalue weighted by atomic mass is 10.2. The Morgan fingerprint density at radius 3 is 2.31 bits per heavy atom. The Morgan fingerprint density at radius 1 is 1.31 bits per heavy atom. The van der Waals surface area contributed by atoms with Crippen molar-refractivity contribution in [3.05, 3.63) is 29.8 Å². The van der Waals surface area contributed by atoms with Gasteiger partial charge in [0.2, 0.25) is 16.2 Å². The Labute approximate surface area is 77.5 Å². The van der Waals surface area contributed by atoms with E-state index >= 15 is 0 Å². The predicted molar refractivity (Wildman–Crippen MR) is 47.6 cm³/mol. The molecule has 5 heteroatoms. The molecule has 0 aliphatic heterocycles. The molecule has 1 rings (SSSR count). The van der Waals surface area contributed by atoms with E-state index in [1.807, 2.05) is 0 Å². The van der Waals surface area contributed by atoms with Crippen LogP contribution in [0.1, 0.15) is 5.56 Å². The summed E-state index contributed by atoms with van der Waals surface area (Å²) < 4.78 is 18.7. The lowest BCUT2D eigenvalue weighted by molar-refractivity contribution is -0.111. The molecule has 1 aromatic carbocycles. The number of rotatable bonds is 2. The van der Waals surface area contributed by atoms with Crippen molar-refractivity contribution in [3.63, 3.8) is 0 Å². The summed E-state index contributed by atoms with van der Waals surface area (Å²) in [5.74, 6) is 0.0984. The van der Waals surface area contributed by atoms with Crippen molar-refractivity contribution in [1.82, 2.24) is 0 Å². The third-order valence-corrected chi connectivity index (χ3v) is 2.01. The van der Waals surface area contributed by atoms with E-state index in [9.17, 15) is 9.00 Å². The third kappa shape index (κ3) is 2.96. The van der Waals surface area contributed by atoms with Crippen LogP contribution < -0.4 is 0 Å². The van der Waals surface area contributed by atoms with E-state index in [-0.39, 0.29) is 12.2 Å². The van der Waals surface area contributed by atoms with Crippen LogP contribution in [0.25, 0.3) is 0 Å². The Kier molecular flexibility index (Phi) is 3.16. The van der Waals surface area contributed by atoms with Crippen molar-refractivity contribution in [2.24, 2.45) is 0 Å². The van der Waals surface area contributed by atoms with Gasteiger partial charge in [0.1, 0.15) is 5.75 Å². The maximum atomic E-state index is 10.8. The average molecular weight is 200 g/mol. The summed E-state index contributed by atoms with van der Waals surface area (Å²) in [6.07, 6.45) is -0.0939. The molecule has 1 unspecified atom stereocenters. The fraction of sp³-hybridized carbons (Fsp3) is 0.125. The van der Waals surface area contributed by atoms with Crippen molar-refractivity contribution in [3.8, 4) is 5.75 Å². The van der Waals surface area contributed by atoms with Gasteiger partial charge in [0.15, 0.2) is 0 Å². The number of phenols is 1. The van der Waals surface area contributed by atoms with Gasteiger partial charge in [-0.15, -0.1) is 0 Å². The van der Waals surface area contributed by atoms with E-state index in [1.54, 1.807) is 0 Å². The van der Waals surface area contributed by atoms with Gasteiger partial charge < -0.3 is 9.66 Å². The smallest absolute Gasteiger partial charge is 0.250 e. The van der Waals surface area contributed by atoms with Crippen LogP contribution in [0.4, 0.5) is 0 Å². The molecule has 0 heterocycles. The Balaban J connectivity index is 2.70. The van der Waals surface area contributed by atoms with E-state index in [4.69, 9.17) is 9.66 Å². The fourth-order valence-electron chi connectivity index (χ4n) is 0.842. The first kappa shape index (κ1) is 9.88. The van der Waals surface area contributed by atoms with E-state index in [2.05, 4.69) is 0 Å². The van der Waals surface area contributed by atoms with E-state index in [0.717, 1.165) is 0 Å². The van der Waals surface area contributed by atoms with Crippen molar-refractivity contribution >= 4 is 16.2 Å². The molecule has 0 saturated carbocycles. The van der Waals surface area contributed by atoms with Gasteiger partial charge >= 0.3 is 0 Å². The lowest BCUT2D eigenvalue weighted by Gasteiger charge is -1.97. The minimum absolute atomic E-state index is 0.0939. The van der Waals surface area contributed by atoms with Crippen molar-refractivity contribution in [2.75, 3.05) is 0 Å². The van der Waals surface area contributed by atoms with Gasteiger partial charge in [-0.3, -0.25) is 4.79 Å². The van der Waals surface area contributed by atoms with Crippen LogP contribution in [0.15, 0.2) is 24.3 Å². The minimum atomic E-state index is -2.42. The SMILES string of the molecule is O=C(Cc1ccc(O)cc1)S(=O)O. The van der Waals surface area contributed by atoms with E-state index in [1.165, 1.54) is 24.3 Å². The van der Waals surface area contributed by atoms with Gasteiger partial charge in [0, 0.05) is 6.42 Å². The number of carbonyl (C=O) groups excluding carboxylic acids is 1. The van der Waals surface area contributed by atoms with Crippen molar-refractivity contribution < 1.29 is 18.7 Å². The van der Waals surface area contributed by atoms with Gasteiger partial charge in [-0.2, -0.15) is 0 Å². The van der Waals surface area contributed by atoms with Crippen LogP contribution in [-0.2, 0) is 22.3 Å². The Morgan fingerprint density at radius 2 is 1.85 bits per heavy atom. The zero-order valence-electron chi connectivity index (χ0n) is 6.64. The van der Waals surface area contributed by atoms with Crippen molar-refractivity contribution in [1.29, 1.82) is 0 Å². The van der Waals surface area contributed by atoms with Gasteiger partial charge in [-0.25, -0.2) is 4.21 Å². The molecule has 0 saturated heterocycles. The molecular formula is C8H8O4S. The summed E-state index contributed by atoms with van der Waals surface area (Å²) in [5.41, 5.74) is 0.602. The predicted octanol–water partition coefficient (Wildman–Crippen LogP) is 0.683. The molecule has 0 radical (unpaired) electrons. The highest BCUT2D eigenvalue weighted by atomic mass is 32.2. The highest BCUT2D eigenvalue weighted by Gasteiger charge is 2.09. The Hall–Kier alpha value is -1.20. The molecule has 0 aromatic heterocycles. The number of hydrogen-bond donors (Lipinski definition) is 2. The molecule has 0 fully saturated rings. The molecule has 0 bridgehead atoms. The molecule has 0 aliphatic carbocycles. The molecule has 2 N–H and O–H groups in total. The highest BCUT2D eigenvalue weighted by Crippen LogP contribution is 2.10. The number of hydrogen-bond acceptors (Lipinski definition) is 3. The highest BCUT2D eigenvalue weighted by molar-refractivity contribution is 7.95. The molecular weight excluding hydrogens is 192 g/mol. The summed E-state index contributed by atoms with van der Waals surface area (Å²) >= 11 is -2.42. The second-order valence-electron chi connectivity index (χ2n) is 2.46. The standard InChI is InChI=1S/C8H8O4S/c9-7-3-1-6(2-4-7)5-8(10)13(11)12/h1-4,9H,5H2,(H,11,12). The summed E-state index contributed by atoms with van der Waals surface area (Å²) in [7, 11) is 0. The first-order valence-corrected chi connectivity index (χ1v) is 4.62. The van der Waals surface area contributed by atoms with Crippen LogP contribution in [0.3, 0.4) is 0 Å². The lowest BCUT2D eigenvalue weighted by Crippen LogP contribution is -2.08. The van der Waals surface area contributed by atoms with Gasteiger partial charge in [0.25, 0.3) is 0 Å². The van der Waals surface area contributed by atoms with Gasteiger partial charge in [-0.1, -0.05) is 12.1 Å². The number of carbonyl (C=O) groups is 1. The summed E-state index contributed by atoms with van der Waals surface area (Å²) in [6.45, 7) is 0. The molecule has 0 aliphatic rings. The van der Waals surface area contributed by atoms with E-state index < -0.39 is 16.2 Å². The topological polar surface area (TPSA) is 74.6 Å². The molecule has 13 heavy (non-hydrogen) atoms. The Bertz CT molecular complexity index is 331. The first-order valence-electron chi connectivity index (χ1n) is 3.51. The van der Waals surface area contributed by atoms with Crippen LogP contribution >= 0.6 is 0 Å². The maximum absolute atomic E-state index is 10.8. The van der Waals surface area contributed by atoms with E-state index in [0.29, 0.717) is 5.56 Å². The molecule has 0 spiro atoms. The largest absolute Gasteiger partial charge is 0.508 e.